The third-order valence-corrected chi connectivity index (χ3v) is 4.59. The van der Waals surface area contributed by atoms with Crippen LogP contribution < -0.4 is 14.8 Å². The van der Waals surface area contributed by atoms with Crippen LogP contribution in [0.5, 0.6) is 11.5 Å². The molecule has 1 aromatic carbocycles. The predicted molar refractivity (Wildman–Crippen MR) is 103 cm³/mol. The van der Waals surface area contributed by atoms with Gasteiger partial charge in [-0.15, -0.1) is 0 Å². The van der Waals surface area contributed by atoms with Crippen LogP contribution in [-0.4, -0.2) is 49.3 Å². The first kappa shape index (κ1) is 20.8. The number of nitrogens with one attached hydrogen (secondary N) is 1. The topological polar surface area (TPSA) is 76.8 Å². The molecule has 1 N–H and O–H groups in total. The summed E-state index contributed by atoms with van der Waals surface area (Å²) in [6.45, 7) is 11.6. The van der Waals surface area contributed by atoms with Crippen molar-refractivity contribution in [3.8, 4) is 11.5 Å². The zero-order valence-corrected chi connectivity index (χ0v) is 16.8. The van der Waals surface area contributed by atoms with Crippen molar-refractivity contribution in [3.05, 3.63) is 40.8 Å². The molecule has 148 valence electrons. The molecule has 2 aromatic rings. The first-order valence-corrected chi connectivity index (χ1v) is 9.23. The lowest BCUT2D eigenvalue weighted by atomic mass is 10.2. The highest BCUT2D eigenvalue weighted by Crippen LogP contribution is 2.29. The molecule has 0 unspecified atom stereocenters. The quantitative estimate of drug-likeness (QED) is 0.688. The second-order valence-electron chi connectivity index (χ2n) is 6.24. The van der Waals surface area contributed by atoms with Crippen LogP contribution in [0.25, 0.3) is 0 Å². The third kappa shape index (κ3) is 5.47. The van der Waals surface area contributed by atoms with Crippen LogP contribution in [0.1, 0.15) is 41.2 Å². The molecule has 1 amide bonds. The Morgan fingerprint density at radius 3 is 2.56 bits per heavy atom. The number of aromatic nitrogens is 1. The molecule has 7 heteroatoms. The summed E-state index contributed by atoms with van der Waals surface area (Å²) in [4.78, 5) is 14.6. The number of hydrogen-bond donors (Lipinski definition) is 1. The van der Waals surface area contributed by atoms with Gasteiger partial charge in [-0.2, -0.15) is 0 Å². The van der Waals surface area contributed by atoms with E-state index >= 15 is 0 Å². The zero-order chi connectivity index (χ0) is 19.8. The minimum absolute atomic E-state index is 0.127. The molecular formula is C20H29N3O4. The molecule has 0 fully saturated rings. The van der Waals surface area contributed by atoms with Gasteiger partial charge in [-0.25, -0.2) is 0 Å². The largest absolute Gasteiger partial charge is 0.493 e. The van der Waals surface area contributed by atoms with Crippen molar-refractivity contribution in [3.63, 3.8) is 0 Å². The smallest absolute Gasteiger partial charge is 0.251 e. The van der Waals surface area contributed by atoms with Crippen LogP contribution in [0.2, 0.25) is 0 Å². The standard InChI is InChI=1S/C20H29N3O4/c1-6-23(7-2)11-10-21-20(24)16-8-9-18(19(12-16)25-5)26-13-17-14(3)22-27-15(17)4/h8-9,12H,6-7,10-11,13H2,1-5H3,(H,21,24). The fourth-order valence-electron chi connectivity index (χ4n) is 2.76. The van der Waals surface area contributed by atoms with Gasteiger partial charge in [0, 0.05) is 18.7 Å². The Balaban J connectivity index is 1.99. The number of benzene rings is 1. The summed E-state index contributed by atoms with van der Waals surface area (Å²) in [5.74, 6) is 1.68. The molecule has 0 aliphatic carbocycles. The van der Waals surface area contributed by atoms with Crippen molar-refractivity contribution < 1.29 is 18.8 Å². The molecule has 0 aliphatic heterocycles. The first-order valence-electron chi connectivity index (χ1n) is 9.23. The zero-order valence-electron chi connectivity index (χ0n) is 16.8. The monoisotopic (exact) mass is 375 g/mol. The highest BCUT2D eigenvalue weighted by Gasteiger charge is 2.14. The second kappa shape index (κ2) is 9.97. The molecular weight excluding hydrogens is 346 g/mol. The van der Waals surface area contributed by atoms with Gasteiger partial charge in [0.15, 0.2) is 11.5 Å². The number of rotatable bonds is 10. The predicted octanol–water partition coefficient (Wildman–Crippen LogP) is 2.95. The molecule has 2 rings (SSSR count). The Hall–Kier alpha value is -2.54. The molecule has 1 aromatic heterocycles. The number of aryl methyl sites for hydroxylation is 2. The summed E-state index contributed by atoms with van der Waals surface area (Å²) in [5.41, 5.74) is 2.25. The maximum atomic E-state index is 12.4. The van der Waals surface area contributed by atoms with Crippen molar-refractivity contribution in [2.45, 2.75) is 34.3 Å². The van der Waals surface area contributed by atoms with Crippen molar-refractivity contribution in [2.75, 3.05) is 33.3 Å². The molecule has 0 saturated carbocycles. The van der Waals surface area contributed by atoms with Crippen LogP contribution in [0.4, 0.5) is 0 Å². The number of amides is 1. The summed E-state index contributed by atoms with van der Waals surface area (Å²) in [6, 6.07) is 5.17. The van der Waals surface area contributed by atoms with E-state index in [9.17, 15) is 4.79 Å². The number of nitrogens with zero attached hydrogens (tertiary/aromatic N) is 2. The Labute approximate surface area is 160 Å². The van der Waals surface area contributed by atoms with E-state index in [2.05, 4.69) is 29.2 Å². The van der Waals surface area contributed by atoms with Crippen LogP contribution in [0.3, 0.4) is 0 Å². The fraction of sp³-hybridized carbons (Fsp3) is 0.500. The van der Waals surface area contributed by atoms with E-state index in [1.165, 1.54) is 0 Å². The van der Waals surface area contributed by atoms with Crippen LogP contribution in [-0.2, 0) is 6.61 Å². The van der Waals surface area contributed by atoms with Crippen LogP contribution in [0.15, 0.2) is 22.7 Å². The van der Waals surface area contributed by atoms with E-state index in [0.29, 0.717) is 30.2 Å². The maximum Gasteiger partial charge on any atom is 0.251 e. The second-order valence-corrected chi connectivity index (χ2v) is 6.24. The molecule has 0 saturated heterocycles. The number of ether oxygens (including phenoxy) is 2. The van der Waals surface area contributed by atoms with Gasteiger partial charge >= 0.3 is 0 Å². The SMILES string of the molecule is CCN(CC)CCNC(=O)c1ccc(OCc2c(C)noc2C)c(OC)c1. The Morgan fingerprint density at radius 2 is 1.96 bits per heavy atom. The van der Waals surface area contributed by atoms with Crippen LogP contribution >= 0.6 is 0 Å². The number of carbonyl (C=O) groups excluding carboxylic acids is 1. The van der Waals surface area contributed by atoms with Crippen molar-refractivity contribution in [1.29, 1.82) is 0 Å². The highest BCUT2D eigenvalue weighted by atomic mass is 16.5. The van der Waals surface area contributed by atoms with Gasteiger partial charge in [0.1, 0.15) is 12.4 Å². The van der Waals surface area contributed by atoms with Gasteiger partial charge in [-0.3, -0.25) is 4.79 Å². The van der Waals surface area contributed by atoms with E-state index < -0.39 is 0 Å². The highest BCUT2D eigenvalue weighted by molar-refractivity contribution is 5.94. The van der Waals surface area contributed by atoms with E-state index in [4.69, 9.17) is 14.0 Å². The third-order valence-electron chi connectivity index (χ3n) is 4.59. The lowest BCUT2D eigenvalue weighted by Gasteiger charge is -2.18. The summed E-state index contributed by atoms with van der Waals surface area (Å²) in [6.07, 6.45) is 0. The summed E-state index contributed by atoms with van der Waals surface area (Å²) >= 11 is 0. The van der Waals surface area contributed by atoms with Gasteiger partial charge in [0.05, 0.1) is 18.4 Å². The van der Waals surface area contributed by atoms with Gasteiger partial charge in [0.2, 0.25) is 0 Å². The minimum Gasteiger partial charge on any atom is -0.493 e. The summed E-state index contributed by atoms with van der Waals surface area (Å²) < 4.78 is 16.4. The van der Waals surface area contributed by atoms with E-state index in [1.807, 2.05) is 13.8 Å². The first-order chi connectivity index (χ1) is 13.0. The number of methoxy groups -OCH3 is 1. The van der Waals surface area contributed by atoms with Gasteiger partial charge in [0.25, 0.3) is 5.91 Å². The average molecular weight is 375 g/mol. The molecule has 0 radical (unpaired) electrons. The van der Waals surface area contributed by atoms with E-state index in [1.54, 1.807) is 25.3 Å². The lowest BCUT2D eigenvalue weighted by Crippen LogP contribution is -2.34. The van der Waals surface area contributed by atoms with Gasteiger partial charge in [-0.1, -0.05) is 19.0 Å². The van der Waals surface area contributed by atoms with E-state index in [0.717, 1.165) is 36.7 Å². The average Bonchev–Trinajstić information content (AvgIpc) is 3.01. The lowest BCUT2D eigenvalue weighted by molar-refractivity contribution is 0.0948. The van der Waals surface area contributed by atoms with E-state index in [-0.39, 0.29) is 5.91 Å². The fourth-order valence-corrected chi connectivity index (χ4v) is 2.76. The van der Waals surface area contributed by atoms with Crippen LogP contribution in [0, 0.1) is 13.8 Å². The number of carbonyl (C=O) groups is 1. The maximum absolute atomic E-state index is 12.4. The molecule has 1 heterocycles. The molecule has 27 heavy (non-hydrogen) atoms. The Morgan fingerprint density at radius 1 is 1.22 bits per heavy atom. The van der Waals surface area contributed by atoms with Crippen molar-refractivity contribution >= 4 is 5.91 Å². The number of likely N-dealkylation sites (N-methyl/N-ethyl adjacent to an activating group) is 1. The van der Waals surface area contributed by atoms with Gasteiger partial charge in [-0.05, 0) is 45.1 Å². The molecule has 0 spiro atoms. The number of hydrogen-bond acceptors (Lipinski definition) is 6. The Bertz CT molecular complexity index is 734. The molecule has 0 atom stereocenters. The summed E-state index contributed by atoms with van der Waals surface area (Å²) in [5, 5.41) is 6.86. The minimum atomic E-state index is -0.127. The normalized spacial score (nSPS) is 10.9. The molecule has 0 bridgehead atoms. The Kier molecular flexibility index (Phi) is 7.67. The molecule has 0 aliphatic rings. The van der Waals surface area contributed by atoms with Crippen molar-refractivity contribution in [2.24, 2.45) is 0 Å². The van der Waals surface area contributed by atoms with Crippen molar-refractivity contribution in [1.82, 2.24) is 15.4 Å². The summed E-state index contributed by atoms with van der Waals surface area (Å²) in [7, 11) is 1.56. The molecule has 7 nitrogen and oxygen atoms in total. The van der Waals surface area contributed by atoms with Gasteiger partial charge < -0.3 is 24.2 Å².